The van der Waals surface area contributed by atoms with E-state index in [1.807, 2.05) is 24.5 Å². The van der Waals surface area contributed by atoms with Crippen LogP contribution in [0.5, 0.6) is 0 Å². The lowest BCUT2D eigenvalue weighted by molar-refractivity contribution is -0.129. The van der Waals surface area contributed by atoms with Gasteiger partial charge in [0.1, 0.15) is 0 Å². The topological polar surface area (TPSA) is 78.4 Å². The molecule has 2 aromatic rings. The second-order valence-corrected chi connectivity index (χ2v) is 7.96. The van der Waals surface area contributed by atoms with Crippen LogP contribution in [0.2, 0.25) is 0 Å². The predicted octanol–water partition coefficient (Wildman–Crippen LogP) is 4.43. The second-order valence-electron chi connectivity index (χ2n) is 7.96. The Morgan fingerprint density at radius 2 is 1.62 bits per heavy atom. The summed E-state index contributed by atoms with van der Waals surface area (Å²) in [7, 11) is 0. The summed E-state index contributed by atoms with van der Waals surface area (Å²) >= 11 is 0. The number of carbonyl (C=O) groups excluding carboxylic acids is 1. The van der Waals surface area contributed by atoms with E-state index >= 15 is 0 Å². The van der Waals surface area contributed by atoms with Crippen molar-refractivity contribution in [2.24, 2.45) is 0 Å². The molecule has 0 unspecified atom stereocenters. The Bertz CT molecular complexity index is 757. The molecule has 0 aromatic carbocycles. The van der Waals surface area contributed by atoms with E-state index < -0.39 is 0 Å². The monoisotopic (exact) mass is 396 g/mol. The fourth-order valence-electron chi connectivity index (χ4n) is 4.46. The first-order valence-electron chi connectivity index (χ1n) is 10.6. The Hall–Kier alpha value is -2.31. The lowest BCUT2D eigenvalue weighted by Gasteiger charge is -2.42. The van der Waals surface area contributed by atoms with Crippen LogP contribution in [0.4, 0.5) is 0 Å². The molecule has 2 N–H and O–H groups in total. The normalized spacial score (nSPS) is 19.8. The van der Waals surface area contributed by atoms with Gasteiger partial charge in [-0.3, -0.25) is 24.9 Å². The van der Waals surface area contributed by atoms with Gasteiger partial charge in [0, 0.05) is 18.8 Å². The van der Waals surface area contributed by atoms with Crippen LogP contribution in [-0.2, 0) is 4.79 Å². The number of piperidine rings is 1. The van der Waals surface area contributed by atoms with Crippen LogP contribution in [0.1, 0.15) is 79.5 Å². The van der Waals surface area contributed by atoms with Crippen LogP contribution in [0.15, 0.2) is 36.7 Å². The maximum absolute atomic E-state index is 11.2. The van der Waals surface area contributed by atoms with E-state index in [1.165, 1.54) is 22.5 Å². The van der Waals surface area contributed by atoms with Crippen molar-refractivity contribution in [3.8, 4) is 0 Å². The van der Waals surface area contributed by atoms with Gasteiger partial charge in [0.15, 0.2) is 0 Å². The van der Waals surface area contributed by atoms with Gasteiger partial charge in [-0.05, 0) is 75.8 Å². The average molecular weight is 397 g/mol. The highest BCUT2D eigenvalue weighted by atomic mass is 16.5. The third kappa shape index (κ3) is 5.40. The lowest BCUT2D eigenvalue weighted by Crippen LogP contribution is -2.38. The van der Waals surface area contributed by atoms with Gasteiger partial charge in [0.05, 0.1) is 23.5 Å². The number of nitrogens with one attached hydrogen (secondary N) is 1. The SMILES string of the molecule is Cc1cccnc1[C@H]1CCC[C@@H](c2ncccc2C)N1CCCCCC(=O)NO. The summed E-state index contributed by atoms with van der Waals surface area (Å²) in [6.07, 6.45) is 10.3. The highest BCUT2D eigenvalue weighted by Gasteiger charge is 2.34. The number of aryl methyl sites for hydroxylation is 2. The second kappa shape index (κ2) is 10.5. The molecule has 0 bridgehead atoms. The molecule has 0 radical (unpaired) electrons. The van der Waals surface area contributed by atoms with E-state index in [-0.39, 0.29) is 18.0 Å². The Morgan fingerprint density at radius 1 is 1.03 bits per heavy atom. The Kier molecular flexibility index (Phi) is 7.72. The largest absolute Gasteiger partial charge is 0.289 e. The molecule has 1 aliphatic heterocycles. The molecule has 1 saturated heterocycles. The van der Waals surface area contributed by atoms with Crippen LogP contribution in [-0.4, -0.2) is 32.5 Å². The summed E-state index contributed by atoms with van der Waals surface area (Å²) in [6.45, 7) is 5.23. The zero-order valence-corrected chi connectivity index (χ0v) is 17.5. The first-order chi connectivity index (χ1) is 14.1. The smallest absolute Gasteiger partial charge is 0.243 e. The highest BCUT2D eigenvalue weighted by molar-refractivity contribution is 5.74. The molecule has 6 nitrogen and oxygen atoms in total. The van der Waals surface area contributed by atoms with E-state index in [0.29, 0.717) is 6.42 Å². The summed E-state index contributed by atoms with van der Waals surface area (Å²) in [4.78, 5) is 23.3. The molecule has 0 saturated carbocycles. The molecule has 29 heavy (non-hydrogen) atoms. The highest BCUT2D eigenvalue weighted by Crippen LogP contribution is 2.42. The lowest BCUT2D eigenvalue weighted by atomic mass is 9.88. The zero-order chi connectivity index (χ0) is 20.6. The predicted molar refractivity (Wildman–Crippen MR) is 112 cm³/mol. The van der Waals surface area contributed by atoms with Gasteiger partial charge < -0.3 is 0 Å². The number of aromatic nitrogens is 2. The van der Waals surface area contributed by atoms with Crippen molar-refractivity contribution in [3.63, 3.8) is 0 Å². The molecule has 3 heterocycles. The fourth-order valence-corrected chi connectivity index (χ4v) is 4.46. The molecule has 1 aliphatic rings. The number of nitrogens with zero attached hydrogens (tertiary/aromatic N) is 3. The third-order valence-electron chi connectivity index (χ3n) is 5.93. The first-order valence-corrected chi connectivity index (χ1v) is 10.6. The maximum atomic E-state index is 11.2. The molecule has 3 rings (SSSR count). The number of amides is 1. The van der Waals surface area contributed by atoms with Crippen molar-refractivity contribution in [2.75, 3.05) is 6.54 Å². The van der Waals surface area contributed by atoms with Crippen molar-refractivity contribution in [1.82, 2.24) is 20.3 Å². The number of hydroxylamine groups is 1. The Labute approximate surface area is 173 Å². The Balaban J connectivity index is 1.79. The van der Waals surface area contributed by atoms with Crippen molar-refractivity contribution < 1.29 is 10.0 Å². The summed E-state index contributed by atoms with van der Waals surface area (Å²) in [5.41, 5.74) is 6.53. The summed E-state index contributed by atoms with van der Waals surface area (Å²) in [5, 5.41) is 8.65. The van der Waals surface area contributed by atoms with Crippen LogP contribution in [0.3, 0.4) is 0 Å². The number of hydrogen-bond acceptors (Lipinski definition) is 5. The van der Waals surface area contributed by atoms with Gasteiger partial charge in [0.2, 0.25) is 5.91 Å². The molecular formula is C23H32N4O2. The van der Waals surface area contributed by atoms with Crippen LogP contribution in [0, 0.1) is 13.8 Å². The van der Waals surface area contributed by atoms with Gasteiger partial charge in [-0.1, -0.05) is 18.6 Å². The zero-order valence-electron chi connectivity index (χ0n) is 17.5. The number of likely N-dealkylation sites (tertiary alicyclic amines) is 1. The van der Waals surface area contributed by atoms with E-state index in [0.717, 1.165) is 45.1 Å². The van der Waals surface area contributed by atoms with Gasteiger partial charge >= 0.3 is 0 Å². The van der Waals surface area contributed by atoms with E-state index in [1.54, 1.807) is 5.48 Å². The van der Waals surface area contributed by atoms with Gasteiger partial charge in [-0.15, -0.1) is 0 Å². The van der Waals surface area contributed by atoms with Crippen molar-refractivity contribution in [1.29, 1.82) is 0 Å². The minimum absolute atomic E-state index is 0.289. The standard InChI is InChI=1S/C23H32N4O2/c1-17-9-7-14-24-22(17)19-11-6-12-20(23-18(2)10-8-15-25-23)27(19)16-5-3-4-13-21(28)26-29/h7-10,14-15,19-20,29H,3-6,11-13,16H2,1-2H3,(H,26,28)/t19-,20+. The summed E-state index contributed by atoms with van der Waals surface area (Å²) in [6, 6.07) is 8.86. The molecule has 1 amide bonds. The van der Waals surface area contributed by atoms with Crippen molar-refractivity contribution in [3.05, 3.63) is 59.2 Å². The van der Waals surface area contributed by atoms with Gasteiger partial charge in [-0.2, -0.15) is 0 Å². The minimum Gasteiger partial charge on any atom is -0.289 e. The molecule has 2 atom stereocenters. The first kappa shape index (κ1) is 21.4. The van der Waals surface area contributed by atoms with Crippen LogP contribution >= 0.6 is 0 Å². The summed E-state index contributed by atoms with van der Waals surface area (Å²) < 4.78 is 0. The van der Waals surface area contributed by atoms with E-state index in [4.69, 9.17) is 15.2 Å². The fraction of sp³-hybridized carbons (Fsp3) is 0.522. The number of pyridine rings is 2. The van der Waals surface area contributed by atoms with Crippen LogP contribution < -0.4 is 5.48 Å². The number of carbonyl (C=O) groups is 1. The van der Waals surface area contributed by atoms with Crippen molar-refractivity contribution in [2.45, 2.75) is 70.9 Å². The molecule has 2 aromatic heterocycles. The molecule has 156 valence electrons. The molecule has 1 fully saturated rings. The number of hydrogen-bond donors (Lipinski definition) is 2. The van der Waals surface area contributed by atoms with Gasteiger partial charge in [-0.25, -0.2) is 5.48 Å². The van der Waals surface area contributed by atoms with E-state index in [2.05, 4.69) is 30.9 Å². The average Bonchev–Trinajstić information content (AvgIpc) is 2.74. The third-order valence-corrected chi connectivity index (χ3v) is 5.93. The quantitative estimate of drug-likeness (QED) is 0.392. The van der Waals surface area contributed by atoms with E-state index in [9.17, 15) is 4.79 Å². The molecular weight excluding hydrogens is 364 g/mol. The van der Waals surface area contributed by atoms with Crippen molar-refractivity contribution >= 4 is 5.91 Å². The maximum Gasteiger partial charge on any atom is 0.243 e. The molecule has 6 heteroatoms. The van der Waals surface area contributed by atoms with Gasteiger partial charge in [0.25, 0.3) is 0 Å². The number of unbranched alkanes of at least 4 members (excludes halogenated alkanes) is 2. The summed E-state index contributed by atoms with van der Waals surface area (Å²) in [5.74, 6) is -0.313. The Morgan fingerprint density at radius 3 is 2.14 bits per heavy atom. The van der Waals surface area contributed by atoms with Crippen LogP contribution in [0.25, 0.3) is 0 Å². The molecule has 0 spiro atoms. The molecule has 0 aliphatic carbocycles. The number of rotatable bonds is 8. The minimum atomic E-state index is -0.313.